The normalized spacial score (nSPS) is 10.0. The van der Waals surface area contributed by atoms with Gasteiger partial charge in [-0.25, -0.2) is 0 Å². The number of hydrogen-bond acceptors (Lipinski definition) is 6. The number of nitro benzene ring substituents is 1. The van der Waals surface area contributed by atoms with Crippen molar-refractivity contribution in [3.63, 3.8) is 0 Å². The maximum atomic E-state index is 12.1. The molecule has 2 amide bonds. The van der Waals surface area contributed by atoms with Gasteiger partial charge in [0.15, 0.2) is 12.4 Å². The zero-order valence-electron chi connectivity index (χ0n) is 14.6. The third kappa shape index (κ3) is 5.63. The molecule has 0 unspecified atom stereocenters. The van der Waals surface area contributed by atoms with E-state index in [2.05, 4.69) is 10.6 Å². The number of anilines is 2. The third-order valence-corrected chi connectivity index (χ3v) is 3.40. The van der Waals surface area contributed by atoms with E-state index in [0.29, 0.717) is 11.3 Å². The fourth-order valence-electron chi connectivity index (χ4n) is 2.19. The molecule has 0 saturated carbocycles. The van der Waals surface area contributed by atoms with Crippen LogP contribution in [0.2, 0.25) is 0 Å². The van der Waals surface area contributed by atoms with Crippen LogP contribution in [0.4, 0.5) is 17.1 Å². The molecule has 0 radical (unpaired) electrons. The van der Waals surface area contributed by atoms with E-state index in [-0.39, 0.29) is 28.8 Å². The Morgan fingerprint density at radius 2 is 1.81 bits per heavy atom. The van der Waals surface area contributed by atoms with Gasteiger partial charge in [0, 0.05) is 30.3 Å². The maximum Gasteiger partial charge on any atom is 0.271 e. The summed E-state index contributed by atoms with van der Waals surface area (Å²) in [7, 11) is 0. The Balaban J connectivity index is 2.10. The van der Waals surface area contributed by atoms with Gasteiger partial charge in [0.05, 0.1) is 10.6 Å². The molecule has 0 aromatic heterocycles. The van der Waals surface area contributed by atoms with Crippen molar-refractivity contribution in [2.75, 3.05) is 17.2 Å². The van der Waals surface area contributed by atoms with Crippen LogP contribution in [-0.4, -0.2) is 29.1 Å². The number of non-ortho nitro benzene ring substituents is 1. The highest BCUT2D eigenvalue weighted by Gasteiger charge is 2.12. The molecule has 0 fully saturated rings. The first kappa shape index (κ1) is 19.6. The van der Waals surface area contributed by atoms with E-state index in [1.807, 2.05) is 0 Å². The lowest BCUT2D eigenvalue weighted by Gasteiger charge is -2.13. The average molecular weight is 371 g/mol. The summed E-state index contributed by atoms with van der Waals surface area (Å²) in [6.07, 6.45) is 0. The molecule has 0 saturated heterocycles. The first-order valence-electron chi connectivity index (χ1n) is 7.86. The van der Waals surface area contributed by atoms with Crippen molar-refractivity contribution in [2.45, 2.75) is 13.8 Å². The largest absolute Gasteiger partial charge is 0.482 e. The first-order valence-corrected chi connectivity index (χ1v) is 7.86. The average Bonchev–Trinajstić information content (AvgIpc) is 2.60. The Morgan fingerprint density at radius 1 is 1.07 bits per heavy atom. The van der Waals surface area contributed by atoms with Crippen molar-refractivity contribution < 1.29 is 24.0 Å². The number of rotatable bonds is 7. The Kier molecular flexibility index (Phi) is 6.21. The Hall–Kier alpha value is -3.75. The zero-order valence-corrected chi connectivity index (χ0v) is 14.6. The van der Waals surface area contributed by atoms with Gasteiger partial charge >= 0.3 is 0 Å². The van der Waals surface area contributed by atoms with E-state index < -0.39 is 17.4 Å². The van der Waals surface area contributed by atoms with Crippen LogP contribution in [0.5, 0.6) is 5.75 Å². The second kappa shape index (κ2) is 8.56. The summed E-state index contributed by atoms with van der Waals surface area (Å²) >= 11 is 0. The SMILES string of the molecule is CC(=O)Nc1ccc(C(C)=O)cc1OCC(=O)Nc1cccc([N+](=O)[O-])c1. The summed E-state index contributed by atoms with van der Waals surface area (Å²) < 4.78 is 5.43. The summed E-state index contributed by atoms with van der Waals surface area (Å²) in [5.41, 5.74) is 0.766. The van der Waals surface area contributed by atoms with Crippen molar-refractivity contribution in [1.82, 2.24) is 0 Å². The molecule has 0 bridgehead atoms. The highest BCUT2D eigenvalue weighted by molar-refractivity contribution is 5.97. The molecule has 9 nitrogen and oxygen atoms in total. The van der Waals surface area contributed by atoms with Crippen LogP contribution in [0.15, 0.2) is 42.5 Å². The number of nitrogens with zero attached hydrogens (tertiary/aromatic N) is 1. The van der Waals surface area contributed by atoms with Gasteiger partial charge in [0.25, 0.3) is 11.6 Å². The maximum absolute atomic E-state index is 12.1. The van der Waals surface area contributed by atoms with Crippen LogP contribution < -0.4 is 15.4 Å². The number of nitrogens with one attached hydrogen (secondary N) is 2. The Labute approximate surface area is 154 Å². The molecule has 0 spiro atoms. The van der Waals surface area contributed by atoms with Crippen LogP contribution in [0.25, 0.3) is 0 Å². The molecule has 2 N–H and O–H groups in total. The lowest BCUT2D eigenvalue weighted by Crippen LogP contribution is -2.21. The summed E-state index contributed by atoms with van der Waals surface area (Å²) in [4.78, 5) is 45.1. The van der Waals surface area contributed by atoms with Crippen molar-refractivity contribution in [3.05, 3.63) is 58.1 Å². The predicted molar refractivity (Wildman–Crippen MR) is 98.0 cm³/mol. The van der Waals surface area contributed by atoms with Crippen LogP contribution >= 0.6 is 0 Å². The van der Waals surface area contributed by atoms with Crippen molar-refractivity contribution in [1.29, 1.82) is 0 Å². The molecule has 0 heterocycles. The minimum Gasteiger partial charge on any atom is -0.482 e. The molecule has 2 aromatic rings. The first-order chi connectivity index (χ1) is 12.8. The highest BCUT2D eigenvalue weighted by Crippen LogP contribution is 2.26. The number of hydrogen-bond donors (Lipinski definition) is 2. The Bertz CT molecular complexity index is 910. The molecule has 0 aliphatic heterocycles. The molecule has 9 heteroatoms. The predicted octanol–water partition coefficient (Wildman–Crippen LogP) is 2.77. The standard InChI is InChI=1S/C18H17N3O6/c1-11(22)13-6-7-16(19-12(2)23)17(8-13)27-10-18(24)20-14-4-3-5-15(9-14)21(25)26/h3-9H,10H2,1-2H3,(H,19,23)(H,20,24). The van der Waals surface area contributed by atoms with Gasteiger partial charge in [-0.1, -0.05) is 6.07 Å². The molecule has 27 heavy (non-hydrogen) atoms. The number of carbonyl (C=O) groups excluding carboxylic acids is 3. The van der Waals surface area contributed by atoms with E-state index in [9.17, 15) is 24.5 Å². The second-order valence-electron chi connectivity index (χ2n) is 5.59. The van der Waals surface area contributed by atoms with Crippen LogP contribution in [-0.2, 0) is 9.59 Å². The number of nitro groups is 1. The summed E-state index contributed by atoms with van der Waals surface area (Å²) in [6.45, 7) is 2.28. The molecule has 140 valence electrons. The van der Waals surface area contributed by atoms with Crippen molar-refractivity contribution in [3.8, 4) is 5.75 Å². The third-order valence-electron chi connectivity index (χ3n) is 3.40. The van der Waals surface area contributed by atoms with Gasteiger partial charge in [-0.2, -0.15) is 0 Å². The summed E-state index contributed by atoms with van der Waals surface area (Å²) in [5.74, 6) is -0.934. The minimum absolute atomic E-state index is 0.157. The van der Waals surface area contributed by atoms with Crippen molar-refractivity contribution in [2.24, 2.45) is 0 Å². The van der Waals surface area contributed by atoms with Crippen LogP contribution in [0, 0.1) is 10.1 Å². The lowest BCUT2D eigenvalue weighted by molar-refractivity contribution is -0.384. The lowest BCUT2D eigenvalue weighted by atomic mass is 10.1. The van der Waals surface area contributed by atoms with Crippen LogP contribution in [0.3, 0.4) is 0 Å². The number of ether oxygens (including phenoxy) is 1. The topological polar surface area (TPSA) is 128 Å². The fourth-order valence-corrected chi connectivity index (χ4v) is 2.19. The second-order valence-corrected chi connectivity index (χ2v) is 5.59. The van der Waals surface area contributed by atoms with Gasteiger partial charge in [0.1, 0.15) is 5.75 Å². The van der Waals surface area contributed by atoms with Crippen LogP contribution in [0.1, 0.15) is 24.2 Å². The van der Waals surface area contributed by atoms with Crippen molar-refractivity contribution >= 4 is 34.7 Å². The molecular formula is C18H17N3O6. The fraction of sp³-hybridized carbons (Fsp3) is 0.167. The van der Waals surface area contributed by atoms with Gasteiger partial charge in [0.2, 0.25) is 5.91 Å². The number of amides is 2. The van der Waals surface area contributed by atoms with Gasteiger partial charge in [-0.05, 0) is 31.2 Å². The van der Waals surface area contributed by atoms with Gasteiger partial charge in [-0.15, -0.1) is 0 Å². The number of carbonyl (C=O) groups is 3. The molecule has 0 aliphatic carbocycles. The number of Topliss-reactive ketones (excluding diaryl/α,β-unsaturated/α-hetero) is 1. The minimum atomic E-state index is -0.570. The smallest absolute Gasteiger partial charge is 0.271 e. The monoisotopic (exact) mass is 371 g/mol. The zero-order chi connectivity index (χ0) is 20.0. The van der Waals surface area contributed by atoms with E-state index in [1.54, 1.807) is 0 Å². The Morgan fingerprint density at radius 3 is 2.44 bits per heavy atom. The number of benzene rings is 2. The van der Waals surface area contributed by atoms with E-state index in [0.717, 1.165) is 0 Å². The number of ketones is 1. The van der Waals surface area contributed by atoms with Gasteiger partial charge in [-0.3, -0.25) is 24.5 Å². The molecule has 0 aliphatic rings. The van der Waals surface area contributed by atoms with E-state index in [1.165, 1.54) is 56.3 Å². The molecule has 2 rings (SSSR count). The van der Waals surface area contributed by atoms with E-state index in [4.69, 9.17) is 4.74 Å². The molecular weight excluding hydrogens is 354 g/mol. The summed E-state index contributed by atoms with van der Waals surface area (Å²) in [6, 6.07) is 9.93. The molecule has 2 aromatic carbocycles. The summed E-state index contributed by atoms with van der Waals surface area (Å²) in [5, 5.41) is 15.8. The van der Waals surface area contributed by atoms with Gasteiger partial charge < -0.3 is 15.4 Å². The van der Waals surface area contributed by atoms with E-state index >= 15 is 0 Å². The molecule has 0 atom stereocenters. The quantitative estimate of drug-likeness (QED) is 0.438. The highest BCUT2D eigenvalue weighted by atomic mass is 16.6.